The molecule has 2 heterocycles. The van der Waals surface area contributed by atoms with E-state index in [-0.39, 0.29) is 0 Å². The van der Waals surface area contributed by atoms with Crippen LogP contribution in [0.3, 0.4) is 0 Å². The quantitative estimate of drug-likeness (QED) is 0.708. The van der Waals surface area contributed by atoms with Crippen molar-refractivity contribution < 1.29 is 4.43 Å². The predicted octanol–water partition coefficient (Wildman–Crippen LogP) is 4.58. The van der Waals surface area contributed by atoms with E-state index >= 15 is 0 Å². The van der Waals surface area contributed by atoms with Gasteiger partial charge < -0.3 is 4.43 Å². The molecule has 1 aliphatic rings. The lowest BCUT2D eigenvalue weighted by Crippen LogP contribution is -2.30. The number of benzene rings is 1. The van der Waals surface area contributed by atoms with Crippen LogP contribution in [0.2, 0.25) is 19.6 Å². The van der Waals surface area contributed by atoms with E-state index in [1.54, 1.807) is 6.20 Å². The van der Waals surface area contributed by atoms with Crippen LogP contribution in [0.1, 0.15) is 11.3 Å². The molecule has 0 saturated carbocycles. The molecule has 1 aliphatic heterocycles. The number of aromatic nitrogens is 1. The Balaban J connectivity index is 2.10. The first-order valence-corrected chi connectivity index (χ1v) is 11.6. The smallest absolute Gasteiger partial charge is 0.243 e. The minimum atomic E-state index is -1.73. The molecule has 0 amide bonds. The number of halogens is 1. The van der Waals surface area contributed by atoms with Crippen LogP contribution >= 0.6 is 15.9 Å². The maximum absolute atomic E-state index is 6.09. The number of aliphatic imine (C=N–C) groups is 2. The van der Waals surface area contributed by atoms with Gasteiger partial charge in [-0.25, -0.2) is 4.99 Å². The van der Waals surface area contributed by atoms with Crippen LogP contribution in [-0.2, 0) is 4.43 Å². The first-order valence-electron chi connectivity index (χ1n) is 7.45. The van der Waals surface area contributed by atoms with Gasteiger partial charge in [-0.05, 0) is 50.0 Å². The zero-order valence-electron chi connectivity index (χ0n) is 13.4. The van der Waals surface area contributed by atoms with Crippen LogP contribution in [0.4, 0.5) is 5.69 Å². The molecule has 2 aromatic rings. The molecule has 118 valence electrons. The van der Waals surface area contributed by atoms with Gasteiger partial charge in [0.25, 0.3) is 0 Å². The maximum Gasteiger partial charge on any atom is 0.243 e. The summed E-state index contributed by atoms with van der Waals surface area (Å²) in [5.74, 6) is 0.675. The lowest BCUT2D eigenvalue weighted by Gasteiger charge is -2.19. The molecule has 0 aliphatic carbocycles. The number of pyridine rings is 1. The van der Waals surface area contributed by atoms with Gasteiger partial charge in [-0.1, -0.05) is 22.0 Å². The topological polar surface area (TPSA) is 46.8 Å². The summed E-state index contributed by atoms with van der Waals surface area (Å²) >= 11 is 3.52. The molecule has 0 atom stereocenters. The van der Waals surface area contributed by atoms with Crippen molar-refractivity contribution in [1.29, 1.82) is 0 Å². The second-order valence-corrected chi connectivity index (χ2v) is 11.6. The van der Waals surface area contributed by atoms with E-state index in [1.807, 2.05) is 36.4 Å². The molecule has 1 aromatic heterocycles. The first-order chi connectivity index (χ1) is 10.9. The predicted molar refractivity (Wildman–Crippen MR) is 100 cm³/mol. The van der Waals surface area contributed by atoms with Crippen molar-refractivity contribution in [2.24, 2.45) is 9.98 Å². The average Bonchev–Trinajstić information content (AvgIpc) is 2.65. The van der Waals surface area contributed by atoms with Gasteiger partial charge in [0.15, 0.2) is 5.90 Å². The molecule has 0 N–H and O–H groups in total. The van der Waals surface area contributed by atoms with Gasteiger partial charge >= 0.3 is 0 Å². The normalized spacial score (nSPS) is 14.4. The molecular formula is C17H18BrN3OSi. The summed E-state index contributed by atoms with van der Waals surface area (Å²) in [5.41, 5.74) is 3.53. The van der Waals surface area contributed by atoms with E-state index in [1.165, 1.54) is 0 Å². The Hall–Kier alpha value is -1.79. The molecule has 0 unspecified atom stereocenters. The van der Waals surface area contributed by atoms with E-state index in [4.69, 9.17) is 14.4 Å². The molecule has 23 heavy (non-hydrogen) atoms. The van der Waals surface area contributed by atoms with Gasteiger partial charge in [0.2, 0.25) is 8.32 Å². The van der Waals surface area contributed by atoms with Crippen LogP contribution in [0.15, 0.2) is 57.1 Å². The monoisotopic (exact) mass is 387 g/mol. The zero-order chi connectivity index (χ0) is 16.4. The fourth-order valence-corrected chi connectivity index (χ4v) is 3.50. The van der Waals surface area contributed by atoms with Crippen molar-refractivity contribution in [2.75, 3.05) is 6.54 Å². The number of nitrogens with zero attached hydrogens (tertiary/aromatic N) is 3. The number of hydrogen-bond donors (Lipinski definition) is 0. The maximum atomic E-state index is 6.09. The molecule has 3 rings (SSSR count). The molecule has 0 radical (unpaired) electrons. The van der Waals surface area contributed by atoms with Crippen molar-refractivity contribution in [1.82, 2.24) is 4.98 Å². The minimum absolute atomic E-state index is 0.433. The van der Waals surface area contributed by atoms with E-state index in [0.29, 0.717) is 12.4 Å². The van der Waals surface area contributed by atoms with Crippen LogP contribution in [0.5, 0.6) is 0 Å². The molecule has 0 fully saturated rings. The largest absolute Gasteiger partial charge is 0.533 e. The Labute approximate surface area is 145 Å². The summed E-state index contributed by atoms with van der Waals surface area (Å²) in [5, 5.41) is 0. The summed E-state index contributed by atoms with van der Waals surface area (Å²) in [6.45, 7) is 6.87. The van der Waals surface area contributed by atoms with Gasteiger partial charge in [-0.15, -0.1) is 0 Å². The molecule has 6 heteroatoms. The van der Waals surface area contributed by atoms with E-state index < -0.39 is 8.32 Å². The van der Waals surface area contributed by atoms with E-state index in [0.717, 1.165) is 27.1 Å². The summed E-state index contributed by atoms with van der Waals surface area (Å²) < 4.78 is 7.07. The van der Waals surface area contributed by atoms with Crippen LogP contribution in [0, 0.1) is 0 Å². The molecule has 0 saturated heterocycles. The lowest BCUT2D eigenvalue weighted by molar-refractivity contribution is 0.542. The Kier molecular flexibility index (Phi) is 4.45. The number of rotatable bonds is 2. The van der Waals surface area contributed by atoms with Gasteiger partial charge in [0.05, 0.1) is 17.1 Å². The van der Waals surface area contributed by atoms with Crippen molar-refractivity contribution in [3.8, 4) is 0 Å². The highest BCUT2D eigenvalue weighted by Gasteiger charge is 2.22. The van der Waals surface area contributed by atoms with Crippen molar-refractivity contribution in [3.05, 3.63) is 58.3 Å². The Morgan fingerprint density at radius 2 is 1.96 bits per heavy atom. The molecule has 0 bridgehead atoms. The Bertz CT molecular complexity index is 782. The molecule has 0 spiro atoms. The van der Waals surface area contributed by atoms with Crippen LogP contribution in [-0.4, -0.2) is 31.5 Å². The zero-order valence-corrected chi connectivity index (χ0v) is 16.0. The third-order valence-corrected chi connectivity index (χ3v) is 4.51. The van der Waals surface area contributed by atoms with E-state index in [9.17, 15) is 0 Å². The highest BCUT2D eigenvalue weighted by atomic mass is 79.9. The molecular weight excluding hydrogens is 370 g/mol. The standard InChI is InChI=1S/C17H18BrN3OSi/c1-23(2,3)22-16-11-20-17(14-6-4-5-9-19-14)13-8-7-12(18)10-15(13)21-16/h4-10H,11H2,1-3H3. The van der Waals surface area contributed by atoms with Gasteiger partial charge in [0.1, 0.15) is 6.54 Å². The average molecular weight is 388 g/mol. The van der Waals surface area contributed by atoms with Crippen LogP contribution in [0.25, 0.3) is 0 Å². The minimum Gasteiger partial charge on any atom is -0.533 e. The fourth-order valence-electron chi connectivity index (χ4n) is 2.33. The van der Waals surface area contributed by atoms with Crippen molar-refractivity contribution in [3.63, 3.8) is 0 Å². The second-order valence-electron chi connectivity index (χ2n) is 6.26. The third-order valence-electron chi connectivity index (χ3n) is 3.16. The highest BCUT2D eigenvalue weighted by Crippen LogP contribution is 2.29. The SMILES string of the molecule is C[Si](C)(C)OC1=Nc2cc(Br)ccc2C(c2ccccn2)=NC1. The Morgan fingerprint density at radius 3 is 2.65 bits per heavy atom. The fraction of sp³-hybridized carbons (Fsp3) is 0.235. The Morgan fingerprint density at radius 1 is 1.13 bits per heavy atom. The van der Waals surface area contributed by atoms with Crippen molar-refractivity contribution >= 4 is 41.5 Å². The summed E-state index contributed by atoms with van der Waals surface area (Å²) in [6, 6.07) is 11.8. The molecule has 4 nitrogen and oxygen atoms in total. The summed E-state index contributed by atoms with van der Waals surface area (Å²) in [7, 11) is -1.73. The third kappa shape index (κ3) is 3.94. The molecule has 1 aromatic carbocycles. The summed E-state index contributed by atoms with van der Waals surface area (Å²) in [4.78, 5) is 13.9. The van der Waals surface area contributed by atoms with Crippen molar-refractivity contribution in [2.45, 2.75) is 19.6 Å². The van der Waals surface area contributed by atoms with Gasteiger partial charge in [-0.3, -0.25) is 9.98 Å². The lowest BCUT2D eigenvalue weighted by atomic mass is 10.0. The second kappa shape index (κ2) is 6.37. The van der Waals surface area contributed by atoms with Crippen LogP contribution < -0.4 is 0 Å². The van der Waals surface area contributed by atoms with Gasteiger partial charge in [-0.2, -0.15) is 0 Å². The highest BCUT2D eigenvalue weighted by molar-refractivity contribution is 9.10. The number of fused-ring (bicyclic) bond motifs is 1. The van der Waals surface area contributed by atoms with Gasteiger partial charge in [0, 0.05) is 16.2 Å². The first kappa shape index (κ1) is 16.1. The number of hydrogen-bond acceptors (Lipinski definition) is 4. The summed E-state index contributed by atoms with van der Waals surface area (Å²) in [6.07, 6.45) is 1.78. The van der Waals surface area contributed by atoms with E-state index in [2.05, 4.69) is 40.6 Å².